The van der Waals surface area contributed by atoms with E-state index >= 15 is 0 Å². The standard InChI is InChI=1S/C19H23N3O3/c23-13-15-9-10-22(11-14-5-2-1-3-6-14)12-17(15)21-19(25)16-7-4-8-18(24)20-16/h1-8,15,17,23H,9-13H2,(H,20,24)(H,21,25)/t15-,17+/m0/s1. The van der Waals surface area contributed by atoms with Gasteiger partial charge in [0, 0.05) is 37.7 Å². The summed E-state index contributed by atoms with van der Waals surface area (Å²) < 4.78 is 0. The third-order valence-corrected chi connectivity index (χ3v) is 4.65. The molecule has 6 nitrogen and oxygen atoms in total. The molecule has 1 fully saturated rings. The summed E-state index contributed by atoms with van der Waals surface area (Å²) in [5.41, 5.74) is 1.16. The molecule has 0 spiro atoms. The fourth-order valence-electron chi connectivity index (χ4n) is 3.26. The molecule has 25 heavy (non-hydrogen) atoms. The van der Waals surface area contributed by atoms with Crippen LogP contribution in [0.25, 0.3) is 0 Å². The number of amides is 1. The van der Waals surface area contributed by atoms with Crippen molar-refractivity contribution in [1.82, 2.24) is 15.2 Å². The maximum atomic E-state index is 12.4. The molecular formula is C19H23N3O3. The zero-order chi connectivity index (χ0) is 17.6. The molecule has 1 aliphatic rings. The molecule has 3 rings (SSSR count). The van der Waals surface area contributed by atoms with E-state index in [-0.39, 0.29) is 35.7 Å². The number of carbonyl (C=O) groups is 1. The molecule has 0 saturated carbocycles. The molecule has 2 atom stereocenters. The number of nitrogens with one attached hydrogen (secondary N) is 2. The average Bonchev–Trinajstić information content (AvgIpc) is 2.63. The quantitative estimate of drug-likeness (QED) is 0.757. The molecule has 2 heterocycles. The molecule has 0 aliphatic carbocycles. The molecule has 1 aromatic carbocycles. The number of nitrogens with zero attached hydrogens (tertiary/aromatic N) is 1. The summed E-state index contributed by atoms with van der Waals surface area (Å²) in [6.45, 7) is 2.40. The predicted octanol–water partition coefficient (Wildman–Crippen LogP) is 0.988. The van der Waals surface area contributed by atoms with Gasteiger partial charge < -0.3 is 15.4 Å². The Balaban J connectivity index is 1.66. The van der Waals surface area contributed by atoms with Crippen LogP contribution in [0.15, 0.2) is 53.3 Å². The van der Waals surface area contributed by atoms with Crippen LogP contribution in [0.4, 0.5) is 0 Å². The van der Waals surface area contributed by atoms with Gasteiger partial charge in [-0.15, -0.1) is 0 Å². The molecule has 1 aliphatic heterocycles. The maximum absolute atomic E-state index is 12.4. The van der Waals surface area contributed by atoms with Gasteiger partial charge in [0.2, 0.25) is 5.56 Å². The summed E-state index contributed by atoms with van der Waals surface area (Å²) in [7, 11) is 0. The van der Waals surface area contributed by atoms with Gasteiger partial charge in [0.05, 0.1) is 0 Å². The lowest BCUT2D eigenvalue weighted by Gasteiger charge is -2.38. The maximum Gasteiger partial charge on any atom is 0.268 e. The second-order valence-electron chi connectivity index (χ2n) is 6.46. The van der Waals surface area contributed by atoms with Gasteiger partial charge in [-0.25, -0.2) is 0 Å². The van der Waals surface area contributed by atoms with E-state index in [1.807, 2.05) is 18.2 Å². The first-order valence-corrected chi connectivity index (χ1v) is 8.53. The molecule has 1 saturated heterocycles. The number of hydrogen-bond acceptors (Lipinski definition) is 4. The lowest BCUT2D eigenvalue weighted by Crippen LogP contribution is -2.53. The third-order valence-electron chi connectivity index (χ3n) is 4.65. The van der Waals surface area contributed by atoms with Crippen molar-refractivity contribution in [2.24, 2.45) is 5.92 Å². The largest absolute Gasteiger partial charge is 0.396 e. The van der Waals surface area contributed by atoms with Crippen molar-refractivity contribution in [3.05, 3.63) is 70.1 Å². The Bertz CT molecular complexity index is 760. The van der Waals surface area contributed by atoms with Gasteiger partial charge in [-0.05, 0) is 24.6 Å². The normalized spacial score (nSPS) is 21.0. The minimum atomic E-state index is -0.317. The van der Waals surface area contributed by atoms with E-state index in [4.69, 9.17) is 0 Å². The van der Waals surface area contributed by atoms with Gasteiger partial charge in [0.15, 0.2) is 0 Å². The summed E-state index contributed by atoms with van der Waals surface area (Å²) in [6, 6.07) is 14.5. The number of pyridine rings is 1. The van der Waals surface area contributed by atoms with Crippen LogP contribution in [0.3, 0.4) is 0 Å². The highest BCUT2D eigenvalue weighted by molar-refractivity contribution is 5.92. The number of carbonyl (C=O) groups excluding carboxylic acids is 1. The molecule has 2 aromatic rings. The number of H-pyrrole nitrogens is 1. The van der Waals surface area contributed by atoms with Crippen molar-refractivity contribution in [3.63, 3.8) is 0 Å². The van der Waals surface area contributed by atoms with Gasteiger partial charge in [0.25, 0.3) is 5.91 Å². The van der Waals surface area contributed by atoms with Crippen molar-refractivity contribution < 1.29 is 9.90 Å². The van der Waals surface area contributed by atoms with E-state index in [0.717, 1.165) is 19.5 Å². The predicted molar refractivity (Wildman–Crippen MR) is 95.2 cm³/mol. The third kappa shape index (κ3) is 4.55. The molecule has 1 aromatic heterocycles. The summed E-state index contributed by atoms with van der Waals surface area (Å²) in [6.07, 6.45) is 0.819. The Kier molecular flexibility index (Phi) is 5.63. The molecular weight excluding hydrogens is 318 g/mol. The van der Waals surface area contributed by atoms with E-state index in [1.165, 1.54) is 11.6 Å². The van der Waals surface area contributed by atoms with E-state index in [9.17, 15) is 14.7 Å². The fourth-order valence-corrected chi connectivity index (χ4v) is 3.26. The first-order chi connectivity index (χ1) is 12.2. The Morgan fingerprint density at radius 2 is 2.00 bits per heavy atom. The van der Waals surface area contributed by atoms with Crippen LogP contribution in [-0.2, 0) is 6.54 Å². The van der Waals surface area contributed by atoms with E-state index < -0.39 is 0 Å². The summed E-state index contributed by atoms with van der Waals surface area (Å²) >= 11 is 0. The van der Waals surface area contributed by atoms with Crippen LogP contribution in [0.5, 0.6) is 0 Å². The number of aliphatic hydroxyl groups excluding tert-OH is 1. The van der Waals surface area contributed by atoms with Gasteiger partial charge in [-0.3, -0.25) is 14.5 Å². The number of aromatic amines is 1. The Morgan fingerprint density at radius 3 is 2.72 bits per heavy atom. The van der Waals surface area contributed by atoms with Gasteiger partial charge in [-0.1, -0.05) is 36.4 Å². The van der Waals surface area contributed by atoms with Crippen molar-refractivity contribution in [3.8, 4) is 0 Å². The van der Waals surface area contributed by atoms with Gasteiger partial charge in [0.1, 0.15) is 5.69 Å². The number of rotatable bonds is 5. The highest BCUT2D eigenvalue weighted by Gasteiger charge is 2.30. The number of aliphatic hydroxyl groups is 1. The minimum absolute atomic E-state index is 0.0198. The Hall–Kier alpha value is -2.44. The second kappa shape index (κ2) is 8.09. The molecule has 1 amide bonds. The monoisotopic (exact) mass is 341 g/mol. The Labute approximate surface area is 146 Å². The van der Waals surface area contributed by atoms with E-state index in [1.54, 1.807) is 12.1 Å². The number of aromatic nitrogens is 1. The highest BCUT2D eigenvalue weighted by atomic mass is 16.3. The molecule has 6 heteroatoms. The van der Waals surface area contributed by atoms with Crippen LogP contribution in [-0.4, -0.2) is 46.6 Å². The lowest BCUT2D eigenvalue weighted by molar-refractivity contribution is 0.0727. The molecule has 0 bridgehead atoms. The fraction of sp³-hybridized carbons (Fsp3) is 0.368. The first kappa shape index (κ1) is 17.4. The molecule has 132 valence electrons. The first-order valence-electron chi connectivity index (χ1n) is 8.53. The molecule has 3 N–H and O–H groups in total. The van der Waals surface area contributed by atoms with Crippen LogP contribution in [0, 0.1) is 5.92 Å². The zero-order valence-electron chi connectivity index (χ0n) is 14.0. The van der Waals surface area contributed by atoms with Gasteiger partial charge >= 0.3 is 0 Å². The number of hydrogen-bond donors (Lipinski definition) is 3. The lowest BCUT2D eigenvalue weighted by atomic mass is 9.91. The van der Waals surface area contributed by atoms with E-state index in [0.29, 0.717) is 6.54 Å². The number of benzene rings is 1. The average molecular weight is 341 g/mol. The van der Waals surface area contributed by atoms with Crippen LogP contribution < -0.4 is 10.9 Å². The second-order valence-corrected chi connectivity index (χ2v) is 6.46. The van der Waals surface area contributed by atoms with Crippen LogP contribution in [0.1, 0.15) is 22.5 Å². The van der Waals surface area contributed by atoms with Crippen LogP contribution in [0.2, 0.25) is 0 Å². The minimum Gasteiger partial charge on any atom is -0.396 e. The van der Waals surface area contributed by atoms with Crippen molar-refractivity contribution in [2.75, 3.05) is 19.7 Å². The SMILES string of the molecule is O=C(N[C@@H]1CN(Cc2ccccc2)CC[C@H]1CO)c1cccc(=O)[nH]1. The molecule has 0 unspecified atom stereocenters. The smallest absolute Gasteiger partial charge is 0.268 e. The molecule has 0 radical (unpaired) electrons. The topological polar surface area (TPSA) is 85.4 Å². The highest BCUT2D eigenvalue weighted by Crippen LogP contribution is 2.19. The number of likely N-dealkylation sites (tertiary alicyclic amines) is 1. The summed E-state index contributed by atoms with van der Waals surface area (Å²) in [5.74, 6) is -0.297. The van der Waals surface area contributed by atoms with E-state index in [2.05, 4.69) is 27.3 Å². The Morgan fingerprint density at radius 1 is 1.20 bits per heavy atom. The summed E-state index contributed by atoms with van der Waals surface area (Å²) in [4.78, 5) is 28.6. The number of piperidine rings is 1. The van der Waals surface area contributed by atoms with Crippen LogP contribution >= 0.6 is 0 Å². The summed E-state index contributed by atoms with van der Waals surface area (Å²) in [5, 5.41) is 12.6. The van der Waals surface area contributed by atoms with Crippen molar-refractivity contribution in [2.45, 2.75) is 19.0 Å². The van der Waals surface area contributed by atoms with Crippen molar-refractivity contribution in [1.29, 1.82) is 0 Å². The van der Waals surface area contributed by atoms with Crippen molar-refractivity contribution >= 4 is 5.91 Å². The zero-order valence-corrected chi connectivity index (χ0v) is 14.0. The van der Waals surface area contributed by atoms with Gasteiger partial charge in [-0.2, -0.15) is 0 Å².